The summed E-state index contributed by atoms with van der Waals surface area (Å²) < 4.78 is 62.8. The summed E-state index contributed by atoms with van der Waals surface area (Å²) >= 11 is 1.27. The number of hydrogen-bond acceptors (Lipinski definition) is 10. The normalized spacial score (nSPS) is 23.9. The molecule has 3 aromatic rings. The molecule has 14 heteroatoms. The maximum atomic E-state index is 13.9. The van der Waals surface area contributed by atoms with Crippen LogP contribution in [0.2, 0.25) is 0 Å². The SMILES string of the molecule is CS(=O)(=O)N1CCC(CC(=O)NOC2CCCCO2)(c2ccc(-c3ccc(-c4cnco4)cc3)s2)S(=O)(=O)CC1. The quantitative estimate of drug-likeness (QED) is 0.380. The van der Waals surface area contributed by atoms with Gasteiger partial charge in [0.2, 0.25) is 15.9 Å². The second-order valence-corrected chi connectivity index (χ2v) is 15.4. The van der Waals surface area contributed by atoms with Gasteiger partial charge in [0.1, 0.15) is 4.75 Å². The van der Waals surface area contributed by atoms with E-state index in [0.29, 0.717) is 23.7 Å². The summed E-state index contributed by atoms with van der Waals surface area (Å²) in [6, 6.07) is 11.1. The Bertz CT molecular complexity index is 1530. The Hall–Kier alpha value is -2.62. The minimum absolute atomic E-state index is 0.0307. The van der Waals surface area contributed by atoms with Gasteiger partial charge in [-0.1, -0.05) is 24.3 Å². The van der Waals surface area contributed by atoms with Crippen molar-refractivity contribution in [3.63, 3.8) is 0 Å². The molecular weight excluding hydrogens is 579 g/mol. The number of thiophene rings is 1. The van der Waals surface area contributed by atoms with E-state index in [9.17, 15) is 21.6 Å². The molecule has 5 rings (SSSR count). The molecular formula is C26H31N3O8S3. The standard InChI is InChI=1S/C26H31N3O8S3/c1-39(31,32)29-12-11-26(40(33,34)15-13-29,16-24(30)28-37-25-4-2-3-14-35-25)23-10-9-22(38-23)20-7-5-19(6-8-20)21-17-27-18-36-21/h5-10,17-18,25H,2-4,11-16H2,1H3,(H,28,30). The van der Waals surface area contributed by atoms with Crippen LogP contribution in [0.4, 0.5) is 0 Å². The first-order valence-corrected chi connectivity index (χ1v) is 17.2. The number of hydroxylamine groups is 1. The van der Waals surface area contributed by atoms with Crippen molar-refractivity contribution in [2.45, 2.75) is 43.1 Å². The smallest absolute Gasteiger partial charge is 0.245 e. The van der Waals surface area contributed by atoms with Crippen LogP contribution in [0.25, 0.3) is 21.8 Å². The summed E-state index contributed by atoms with van der Waals surface area (Å²) in [5, 5.41) is 0. The van der Waals surface area contributed by atoms with Gasteiger partial charge in [0, 0.05) is 41.4 Å². The molecule has 1 amide bonds. The van der Waals surface area contributed by atoms with Crippen molar-refractivity contribution in [3.05, 3.63) is 53.9 Å². The minimum Gasteiger partial charge on any atom is -0.444 e. The van der Waals surface area contributed by atoms with Crippen LogP contribution in [0.1, 0.15) is 37.0 Å². The number of sulfone groups is 1. The summed E-state index contributed by atoms with van der Waals surface area (Å²) in [7, 11) is -7.60. The highest BCUT2D eigenvalue weighted by Gasteiger charge is 2.50. The number of aromatic nitrogens is 1. The van der Waals surface area contributed by atoms with Crippen LogP contribution in [-0.2, 0) is 39.0 Å². The van der Waals surface area contributed by atoms with Crippen LogP contribution in [-0.4, -0.2) is 70.0 Å². The molecule has 2 aliphatic rings. The Kier molecular flexibility index (Phi) is 8.45. The number of benzene rings is 1. The molecule has 0 radical (unpaired) electrons. The number of amides is 1. The van der Waals surface area contributed by atoms with Crippen molar-refractivity contribution >= 4 is 37.1 Å². The molecule has 2 unspecified atom stereocenters. The van der Waals surface area contributed by atoms with Gasteiger partial charge in [0.25, 0.3) is 0 Å². The zero-order valence-electron chi connectivity index (χ0n) is 21.9. The number of oxazole rings is 1. The van der Waals surface area contributed by atoms with Gasteiger partial charge < -0.3 is 9.15 Å². The van der Waals surface area contributed by atoms with E-state index in [2.05, 4.69) is 10.5 Å². The molecule has 0 bridgehead atoms. The maximum Gasteiger partial charge on any atom is 0.245 e. The lowest BCUT2D eigenvalue weighted by Crippen LogP contribution is -2.43. The molecule has 2 aromatic heterocycles. The van der Waals surface area contributed by atoms with E-state index in [0.717, 1.165) is 39.4 Å². The molecule has 0 saturated carbocycles. The number of ether oxygens (including phenoxy) is 1. The third-order valence-electron chi connectivity index (χ3n) is 7.27. The van der Waals surface area contributed by atoms with E-state index in [1.54, 1.807) is 12.3 Å². The van der Waals surface area contributed by atoms with Gasteiger partial charge >= 0.3 is 0 Å². The monoisotopic (exact) mass is 609 g/mol. The topological polar surface area (TPSA) is 145 Å². The van der Waals surface area contributed by atoms with Crippen molar-refractivity contribution in [1.82, 2.24) is 14.8 Å². The second kappa shape index (κ2) is 11.7. The van der Waals surface area contributed by atoms with Crippen LogP contribution in [0.5, 0.6) is 0 Å². The summed E-state index contributed by atoms with van der Waals surface area (Å²) in [6.07, 6.45) is 5.40. The first kappa shape index (κ1) is 28.9. The molecule has 2 fully saturated rings. The fourth-order valence-corrected chi connectivity index (χ4v) is 9.58. The van der Waals surface area contributed by atoms with Gasteiger partial charge in [-0.05, 0) is 37.0 Å². The number of rotatable bonds is 8. The molecule has 2 saturated heterocycles. The van der Waals surface area contributed by atoms with Gasteiger partial charge in [0.15, 0.2) is 28.3 Å². The highest BCUT2D eigenvalue weighted by Crippen LogP contribution is 2.45. The van der Waals surface area contributed by atoms with Gasteiger partial charge in [0.05, 0.1) is 24.6 Å². The zero-order chi connectivity index (χ0) is 28.4. The average molecular weight is 610 g/mol. The first-order chi connectivity index (χ1) is 19.1. The predicted octanol–water partition coefficient (Wildman–Crippen LogP) is 3.31. The van der Waals surface area contributed by atoms with Crippen molar-refractivity contribution in [2.24, 2.45) is 0 Å². The Labute approximate surface area is 237 Å². The predicted molar refractivity (Wildman–Crippen MR) is 149 cm³/mol. The van der Waals surface area contributed by atoms with E-state index in [-0.39, 0.29) is 19.5 Å². The third-order valence-corrected chi connectivity index (χ3v) is 12.5. The van der Waals surface area contributed by atoms with E-state index in [4.69, 9.17) is 14.0 Å². The molecule has 1 N–H and O–H groups in total. The number of nitrogens with zero attached hydrogens (tertiary/aromatic N) is 2. The first-order valence-electron chi connectivity index (χ1n) is 12.9. The molecule has 0 aliphatic carbocycles. The van der Waals surface area contributed by atoms with Crippen molar-refractivity contribution < 1.29 is 35.6 Å². The molecule has 40 heavy (non-hydrogen) atoms. The largest absolute Gasteiger partial charge is 0.444 e. The van der Waals surface area contributed by atoms with Crippen LogP contribution >= 0.6 is 11.3 Å². The van der Waals surface area contributed by atoms with Crippen LogP contribution in [0.15, 0.2) is 53.4 Å². The summed E-state index contributed by atoms with van der Waals surface area (Å²) in [6.45, 7) is 0.326. The van der Waals surface area contributed by atoms with Crippen LogP contribution < -0.4 is 5.48 Å². The van der Waals surface area contributed by atoms with Gasteiger partial charge in [-0.2, -0.15) is 0 Å². The summed E-state index contributed by atoms with van der Waals surface area (Å²) in [5.74, 6) is -0.389. The van der Waals surface area contributed by atoms with Crippen LogP contribution in [0, 0.1) is 0 Å². The molecule has 216 valence electrons. The fraction of sp³-hybridized carbons (Fsp3) is 0.462. The van der Waals surface area contributed by atoms with Crippen molar-refractivity contribution in [3.8, 4) is 21.8 Å². The van der Waals surface area contributed by atoms with Gasteiger partial charge in [-0.25, -0.2) is 36.4 Å². The van der Waals surface area contributed by atoms with E-state index in [1.165, 1.54) is 17.7 Å². The lowest BCUT2D eigenvalue weighted by atomic mass is 9.97. The fourth-order valence-electron chi connectivity index (χ4n) is 5.01. The number of hydrogen-bond donors (Lipinski definition) is 1. The average Bonchev–Trinajstić information content (AvgIpc) is 3.62. The summed E-state index contributed by atoms with van der Waals surface area (Å²) in [4.78, 5) is 23.8. The highest BCUT2D eigenvalue weighted by atomic mass is 32.2. The van der Waals surface area contributed by atoms with Crippen molar-refractivity contribution in [2.75, 3.05) is 31.7 Å². The Morgan fingerprint density at radius 3 is 2.62 bits per heavy atom. The number of sulfonamides is 1. The van der Waals surface area contributed by atoms with Crippen LogP contribution in [0.3, 0.4) is 0 Å². The molecule has 0 spiro atoms. The van der Waals surface area contributed by atoms with E-state index >= 15 is 0 Å². The van der Waals surface area contributed by atoms with Gasteiger partial charge in [-0.15, -0.1) is 11.3 Å². The Balaban J connectivity index is 1.45. The maximum absolute atomic E-state index is 13.9. The van der Waals surface area contributed by atoms with Crippen molar-refractivity contribution in [1.29, 1.82) is 0 Å². The minimum atomic E-state index is -3.97. The Morgan fingerprint density at radius 1 is 1.18 bits per heavy atom. The number of carbonyl (C=O) groups is 1. The van der Waals surface area contributed by atoms with E-state index in [1.807, 2.05) is 30.3 Å². The highest BCUT2D eigenvalue weighted by molar-refractivity contribution is 7.92. The number of carbonyl (C=O) groups excluding carboxylic acids is 1. The lowest BCUT2D eigenvalue weighted by Gasteiger charge is -2.31. The molecule has 2 aliphatic heterocycles. The van der Waals surface area contributed by atoms with Gasteiger partial charge in [-0.3, -0.25) is 4.79 Å². The molecule has 1 aromatic carbocycles. The van der Waals surface area contributed by atoms with E-state index < -0.39 is 49.0 Å². The third kappa shape index (κ3) is 6.16. The molecule has 2 atom stereocenters. The number of nitrogens with one attached hydrogen (secondary N) is 1. The molecule has 11 nitrogen and oxygen atoms in total. The molecule has 4 heterocycles. The second-order valence-electron chi connectivity index (χ2n) is 9.95. The summed E-state index contributed by atoms with van der Waals surface area (Å²) in [5.41, 5.74) is 4.09. The lowest BCUT2D eigenvalue weighted by molar-refractivity contribution is -0.200. The Morgan fingerprint density at radius 2 is 1.95 bits per heavy atom. The zero-order valence-corrected chi connectivity index (χ0v) is 24.4.